The molecule has 0 radical (unpaired) electrons. The van der Waals surface area contributed by atoms with Crippen molar-refractivity contribution in [1.29, 1.82) is 0 Å². The van der Waals surface area contributed by atoms with E-state index in [1.54, 1.807) is 19.0 Å². The van der Waals surface area contributed by atoms with E-state index in [0.717, 1.165) is 18.2 Å². The van der Waals surface area contributed by atoms with E-state index in [1.165, 1.54) is 0 Å². The summed E-state index contributed by atoms with van der Waals surface area (Å²) in [5, 5.41) is 2.19. The van der Waals surface area contributed by atoms with Crippen LogP contribution in [0.4, 0.5) is 23.7 Å². The molecule has 0 spiro atoms. The smallest absolute Gasteiger partial charge is 0.416 e. The molecule has 1 rings (SSSR count). The van der Waals surface area contributed by atoms with Gasteiger partial charge in [-0.15, -0.1) is 0 Å². The number of carbonyl (C=O) groups is 1. The van der Waals surface area contributed by atoms with Crippen molar-refractivity contribution in [1.82, 2.24) is 4.90 Å². The zero-order chi connectivity index (χ0) is 15.3. The molecule has 0 aliphatic rings. The van der Waals surface area contributed by atoms with Crippen LogP contribution in [0.2, 0.25) is 5.02 Å². The summed E-state index contributed by atoms with van der Waals surface area (Å²) in [4.78, 5) is 13.2. The van der Waals surface area contributed by atoms with Crippen LogP contribution in [0.3, 0.4) is 0 Å². The second-order valence-corrected chi connectivity index (χ2v) is 4.66. The van der Waals surface area contributed by atoms with Crippen molar-refractivity contribution in [3.05, 3.63) is 28.8 Å². The summed E-state index contributed by atoms with van der Waals surface area (Å²) in [6.45, 7) is 0.624. The molecule has 0 aliphatic carbocycles. The fraction of sp³-hybridized carbons (Fsp3) is 0.417. The Morgan fingerprint density at radius 3 is 2.60 bits per heavy atom. The normalized spacial score (nSPS) is 11.6. The Bertz CT molecular complexity index is 478. The second kappa shape index (κ2) is 6.81. The first-order valence-electron chi connectivity index (χ1n) is 5.65. The van der Waals surface area contributed by atoms with Crippen molar-refractivity contribution >= 4 is 23.4 Å². The van der Waals surface area contributed by atoms with E-state index in [-0.39, 0.29) is 17.3 Å². The molecule has 0 heterocycles. The van der Waals surface area contributed by atoms with Crippen LogP contribution in [-0.4, -0.2) is 38.2 Å². The summed E-state index contributed by atoms with van der Waals surface area (Å²) < 4.78 is 42.4. The number of alkyl halides is 3. The Kier molecular flexibility index (Phi) is 5.64. The lowest BCUT2D eigenvalue weighted by molar-refractivity contribution is -0.137. The van der Waals surface area contributed by atoms with Gasteiger partial charge in [-0.2, -0.15) is 13.2 Å². The number of halogens is 4. The maximum absolute atomic E-state index is 12.5. The summed E-state index contributed by atoms with van der Waals surface area (Å²) in [7, 11) is 3.59. The van der Waals surface area contributed by atoms with Gasteiger partial charge in [-0.3, -0.25) is 5.32 Å². The molecular formula is C12H14ClF3N2O2. The molecule has 1 aromatic carbocycles. The van der Waals surface area contributed by atoms with Crippen LogP contribution in [0.5, 0.6) is 0 Å². The molecule has 0 atom stereocenters. The molecule has 1 amide bonds. The third kappa shape index (κ3) is 5.26. The van der Waals surface area contributed by atoms with Crippen LogP contribution in [0.1, 0.15) is 5.56 Å². The number of benzene rings is 1. The highest BCUT2D eigenvalue weighted by molar-refractivity contribution is 6.33. The Balaban J connectivity index is 2.69. The Hall–Kier alpha value is -1.47. The molecule has 0 saturated carbocycles. The van der Waals surface area contributed by atoms with Crippen molar-refractivity contribution in [2.24, 2.45) is 0 Å². The highest BCUT2D eigenvalue weighted by atomic mass is 35.5. The first kappa shape index (κ1) is 16.6. The van der Waals surface area contributed by atoms with Gasteiger partial charge in [0.25, 0.3) is 0 Å². The zero-order valence-corrected chi connectivity index (χ0v) is 11.7. The van der Waals surface area contributed by atoms with E-state index in [9.17, 15) is 18.0 Å². The molecule has 20 heavy (non-hydrogen) atoms. The number of hydrogen-bond donors (Lipinski definition) is 1. The minimum Gasteiger partial charge on any atom is -0.448 e. The zero-order valence-electron chi connectivity index (χ0n) is 10.9. The molecular weight excluding hydrogens is 297 g/mol. The summed E-state index contributed by atoms with van der Waals surface area (Å²) in [6, 6.07) is 2.67. The van der Waals surface area contributed by atoms with E-state index in [4.69, 9.17) is 16.3 Å². The predicted octanol–water partition coefficient (Wildman–Crippen LogP) is 3.47. The number of likely N-dealkylation sites (N-methyl/N-ethyl adjacent to an activating group) is 1. The molecule has 1 N–H and O–H groups in total. The monoisotopic (exact) mass is 310 g/mol. The van der Waals surface area contributed by atoms with Crippen molar-refractivity contribution < 1.29 is 22.7 Å². The van der Waals surface area contributed by atoms with Gasteiger partial charge in [0.05, 0.1) is 16.3 Å². The molecule has 0 fully saturated rings. The van der Waals surface area contributed by atoms with E-state index in [1.807, 2.05) is 0 Å². The molecule has 0 aromatic heterocycles. The quantitative estimate of drug-likeness (QED) is 0.926. The molecule has 0 saturated heterocycles. The van der Waals surface area contributed by atoms with E-state index in [2.05, 4.69) is 5.32 Å². The number of nitrogens with zero attached hydrogens (tertiary/aromatic N) is 1. The van der Waals surface area contributed by atoms with Crippen LogP contribution in [-0.2, 0) is 10.9 Å². The van der Waals surface area contributed by atoms with Gasteiger partial charge in [-0.1, -0.05) is 11.6 Å². The van der Waals surface area contributed by atoms with Crippen molar-refractivity contribution in [3.8, 4) is 0 Å². The van der Waals surface area contributed by atoms with Gasteiger partial charge in [0.1, 0.15) is 6.61 Å². The lowest BCUT2D eigenvalue weighted by Crippen LogP contribution is -2.22. The summed E-state index contributed by atoms with van der Waals surface area (Å²) in [5.74, 6) is 0. The van der Waals surface area contributed by atoms with Crippen molar-refractivity contribution in [3.63, 3.8) is 0 Å². The fourth-order valence-electron chi connectivity index (χ4n) is 1.26. The Labute approximate surface area is 119 Å². The molecule has 0 bridgehead atoms. The standard InChI is InChI=1S/C12H14ClF3N2O2/c1-18(2)5-6-20-11(19)17-10-7-8(12(14,15)16)3-4-9(10)13/h3-4,7H,5-6H2,1-2H3,(H,17,19). The van der Waals surface area contributed by atoms with Gasteiger partial charge in [0.2, 0.25) is 0 Å². The minimum atomic E-state index is -4.50. The largest absolute Gasteiger partial charge is 0.448 e. The topological polar surface area (TPSA) is 41.6 Å². The molecule has 4 nitrogen and oxygen atoms in total. The van der Waals surface area contributed by atoms with Crippen molar-refractivity contribution in [2.45, 2.75) is 6.18 Å². The minimum absolute atomic E-state index is 0.00237. The van der Waals surface area contributed by atoms with Crippen LogP contribution in [0.15, 0.2) is 18.2 Å². The van der Waals surface area contributed by atoms with Crippen LogP contribution < -0.4 is 5.32 Å². The Morgan fingerprint density at radius 1 is 1.40 bits per heavy atom. The van der Waals surface area contributed by atoms with E-state index < -0.39 is 17.8 Å². The summed E-state index contributed by atoms with van der Waals surface area (Å²) >= 11 is 5.73. The maximum Gasteiger partial charge on any atom is 0.416 e. The first-order valence-corrected chi connectivity index (χ1v) is 6.03. The highest BCUT2D eigenvalue weighted by Crippen LogP contribution is 2.33. The molecule has 0 aliphatic heterocycles. The SMILES string of the molecule is CN(C)CCOC(=O)Nc1cc(C(F)(F)F)ccc1Cl. The van der Waals surface area contributed by atoms with Crippen LogP contribution >= 0.6 is 11.6 Å². The van der Waals surface area contributed by atoms with Gasteiger partial charge in [-0.25, -0.2) is 4.79 Å². The number of anilines is 1. The lowest BCUT2D eigenvalue weighted by Gasteiger charge is -2.13. The highest BCUT2D eigenvalue weighted by Gasteiger charge is 2.31. The van der Waals surface area contributed by atoms with Gasteiger partial charge in [0.15, 0.2) is 0 Å². The number of rotatable bonds is 4. The molecule has 112 valence electrons. The van der Waals surface area contributed by atoms with Gasteiger partial charge < -0.3 is 9.64 Å². The molecule has 1 aromatic rings. The van der Waals surface area contributed by atoms with E-state index in [0.29, 0.717) is 6.54 Å². The second-order valence-electron chi connectivity index (χ2n) is 4.26. The van der Waals surface area contributed by atoms with Gasteiger partial charge in [0, 0.05) is 6.54 Å². The predicted molar refractivity (Wildman–Crippen MR) is 70.0 cm³/mol. The molecule has 8 heteroatoms. The van der Waals surface area contributed by atoms with Crippen LogP contribution in [0, 0.1) is 0 Å². The third-order valence-corrected chi connectivity index (χ3v) is 2.63. The van der Waals surface area contributed by atoms with E-state index >= 15 is 0 Å². The number of nitrogens with one attached hydrogen (secondary N) is 1. The average molecular weight is 311 g/mol. The number of hydrogen-bond acceptors (Lipinski definition) is 3. The third-order valence-electron chi connectivity index (χ3n) is 2.30. The first-order chi connectivity index (χ1) is 9.20. The van der Waals surface area contributed by atoms with Gasteiger partial charge in [-0.05, 0) is 32.3 Å². The number of amides is 1. The summed E-state index contributed by atoms with van der Waals surface area (Å²) in [6.07, 6.45) is -5.36. The summed E-state index contributed by atoms with van der Waals surface area (Å²) in [5.41, 5.74) is -1.04. The maximum atomic E-state index is 12.5. The van der Waals surface area contributed by atoms with Crippen LogP contribution in [0.25, 0.3) is 0 Å². The number of ether oxygens (including phenoxy) is 1. The number of carbonyl (C=O) groups excluding carboxylic acids is 1. The van der Waals surface area contributed by atoms with Gasteiger partial charge >= 0.3 is 12.3 Å². The molecule has 0 unspecified atom stereocenters. The van der Waals surface area contributed by atoms with Crippen molar-refractivity contribution in [2.75, 3.05) is 32.6 Å². The lowest BCUT2D eigenvalue weighted by atomic mass is 10.2. The average Bonchev–Trinajstić information content (AvgIpc) is 2.30. The Morgan fingerprint density at radius 2 is 2.05 bits per heavy atom. The fourth-order valence-corrected chi connectivity index (χ4v) is 1.43.